The molecule has 0 bridgehead atoms. The van der Waals surface area contributed by atoms with Crippen LogP contribution in [-0.2, 0) is 0 Å². The SMILES string of the molecule is c1cncc(-c2noc(-c3ccnc(N4CCCNCC4)c3)n2)c1. The maximum Gasteiger partial charge on any atom is 0.258 e. The number of hydrogen-bond donors (Lipinski definition) is 1. The summed E-state index contributed by atoms with van der Waals surface area (Å²) in [4.78, 5) is 15.3. The van der Waals surface area contributed by atoms with E-state index >= 15 is 0 Å². The number of aromatic nitrogens is 4. The number of anilines is 1. The Bertz CT molecular complexity index is 796. The molecule has 0 atom stereocenters. The number of nitrogens with one attached hydrogen (secondary N) is 1. The Labute approximate surface area is 139 Å². The summed E-state index contributed by atoms with van der Waals surface area (Å²) in [5.74, 6) is 1.97. The van der Waals surface area contributed by atoms with E-state index in [1.807, 2.05) is 24.3 Å². The van der Waals surface area contributed by atoms with Crippen molar-refractivity contribution in [3.05, 3.63) is 42.9 Å². The normalized spacial score (nSPS) is 15.2. The zero-order valence-corrected chi connectivity index (χ0v) is 13.2. The van der Waals surface area contributed by atoms with E-state index in [1.54, 1.807) is 18.6 Å². The van der Waals surface area contributed by atoms with Gasteiger partial charge in [0.15, 0.2) is 0 Å². The van der Waals surface area contributed by atoms with Gasteiger partial charge >= 0.3 is 0 Å². The average Bonchev–Trinajstić information content (AvgIpc) is 2.98. The van der Waals surface area contributed by atoms with Crippen LogP contribution in [0.3, 0.4) is 0 Å². The summed E-state index contributed by atoms with van der Waals surface area (Å²) in [6, 6.07) is 7.65. The predicted octanol–water partition coefficient (Wildman–Crippen LogP) is 1.99. The lowest BCUT2D eigenvalue weighted by Gasteiger charge is -2.21. The van der Waals surface area contributed by atoms with Crippen molar-refractivity contribution in [1.82, 2.24) is 25.4 Å². The molecule has 4 rings (SSSR count). The first kappa shape index (κ1) is 14.8. The van der Waals surface area contributed by atoms with Crippen LogP contribution < -0.4 is 10.2 Å². The molecular weight excluding hydrogens is 304 g/mol. The van der Waals surface area contributed by atoms with Gasteiger partial charge in [0, 0.05) is 49.4 Å². The second-order valence-corrected chi connectivity index (χ2v) is 5.66. The molecule has 24 heavy (non-hydrogen) atoms. The zero-order valence-electron chi connectivity index (χ0n) is 13.2. The highest BCUT2D eigenvalue weighted by atomic mass is 16.5. The van der Waals surface area contributed by atoms with Gasteiger partial charge in [0.2, 0.25) is 5.82 Å². The van der Waals surface area contributed by atoms with Crippen molar-refractivity contribution in [2.45, 2.75) is 6.42 Å². The summed E-state index contributed by atoms with van der Waals surface area (Å²) in [5, 5.41) is 7.45. The summed E-state index contributed by atoms with van der Waals surface area (Å²) in [6.07, 6.45) is 6.33. The molecule has 1 saturated heterocycles. The van der Waals surface area contributed by atoms with Gasteiger partial charge in [0.1, 0.15) is 5.82 Å². The third-order valence-corrected chi connectivity index (χ3v) is 4.00. The molecule has 0 spiro atoms. The molecule has 7 heteroatoms. The Morgan fingerprint density at radius 3 is 3.00 bits per heavy atom. The highest BCUT2D eigenvalue weighted by Gasteiger charge is 2.15. The van der Waals surface area contributed by atoms with Crippen LogP contribution in [0.25, 0.3) is 22.8 Å². The largest absolute Gasteiger partial charge is 0.355 e. The molecule has 0 unspecified atom stereocenters. The van der Waals surface area contributed by atoms with Crippen molar-refractivity contribution >= 4 is 5.82 Å². The Kier molecular flexibility index (Phi) is 4.16. The second kappa shape index (κ2) is 6.76. The third-order valence-electron chi connectivity index (χ3n) is 4.00. The van der Waals surface area contributed by atoms with Crippen LogP contribution in [0.1, 0.15) is 6.42 Å². The molecule has 3 aromatic heterocycles. The molecule has 1 N–H and O–H groups in total. The van der Waals surface area contributed by atoms with E-state index in [0.29, 0.717) is 11.7 Å². The van der Waals surface area contributed by atoms with E-state index in [4.69, 9.17) is 4.52 Å². The second-order valence-electron chi connectivity index (χ2n) is 5.66. The maximum absolute atomic E-state index is 5.42. The first-order valence-electron chi connectivity index (χ1n) is 8.06. The molecule has 0 aromatic carbocycles. The summed E-state index contributed by atoms with van der Waals surface area (Å²) >= 11 is 0. The molecule has 0 aliphatic carbocycles. The smallest absolute Gasteiger partial charge is 0.258 e. The van der Waals surface area contributed by atoms with E-state index in [9.17, 15) is 0 Å². The Hall–Kier alpha value is -2.80. The molecule has 1 aliphatic heterocycles. The van der Waals surface area contributed by atoms with E-state index in [2.05, 4.69) is 30.3 Å². The molecule has 1 fully saturated rings. The van der Waals surface area contributed by atoms with Crippen molar-refractivity contribution in [2.75, 3.05) is 31.1 Å². The fourth-order valence-corrected chi connectivity index (χ4v) is 2.75. The minimum absolute atomic E-state index is 0.491. The topological polar surface area (TPSA) is 80.0 Å². The standard InChI is InChI=1S/C17H18N6O/c1-3-14(12-19-5-1)16-21-17(24-22-16)13-4-7-20-15(11-13)23-9-2-6-18-8-10-23/h1,3-5,7,11-12,18H,2,6,8-10H2. The van der Waals surface area contributed by atoms with Gasteiger partial charge in [-0.3, -0.25) is 4.98 Å². The minimum Gasteiger partial charge on any atom is -0.355 e. The maximum atomic E-state index is 5.42. The van der Waals surface area contributed by atoms with Crippen LogP contribution in [0.2, 0.25) is 0 Å². The molecule has 7 nitrogen and oxygen atoms in total. The number of pyridine rings is 2. The predicted molar refractivity (Wildman–Crippen MR) is 90.5 cm³/mol. The van der Waals surface area contributed by atoms with Gasteiger partial charge in [0.05, 0.1) is 0 Å². The van der Waals surface area contributed by atoms with Crippen molar-refractivity contribution in [2.24, 2.45) is 0 Å². The van der Waals surface area contributed by atoms with Crippen LogP contribution in [0, 0.1) is 0 Å². The lowest BCUT2D eigenvalue weighted by atomic mass is 10.2. The van der Waals surface area contributed by atoms with Crippen molar-refractivity contribution in [3.63, 3.8) is 0 Å². The van der Waals surface area contributed by atoms with Gasteiger partial charge in [-0.15, -0.1) is 0 Å². The van der Waals surface area contributed by atoms with E-state index < -0.39 is 0 Å². The van der Waals surface area contributed by atoms with Gasteiger partial charge in [-0.1, -0.05) is 5.16 Å². The molecule has 0 radical (unpaired) electrons. The summed E-state index contributed by atoms with van der Waals surface area (Å²) in [6.45, 7) is 3.96. The van der Waals surface area contributed by atoms with Crippen molar-refractivity contribution in [3.8, 4) is 22.8 Å². The lowest BCUT2D eigenvalue weighted by molar-refractivity contribution is 0.432. The summed E-state index contributed by atoms with van der Waals surface area (Å²) in [5.41, 5.74) is 1.71. The first-order chi connectivity index (χ1) is 11.9. The van der Waals surface area contributed by atoms with E-state index in [0.717, 1.165) is 49.5 Å². The summed E-state index contributed by atoms with van der Waals surface area (Å²) < 4.78 is 5.42. The van der Waals surface area contributed by atoms with Crippen molar-refractivity contribution in [1.29, 1.82) is 0 Å². The highest BCUT2D eigenvalue weighted by molar-refractivity contribution is 5.62. The van der Waals surface area contributed by atoms with E-state index in [-0.39, 0.29) is 0 Å². The third kappa shape index (κ3) is 3.11. The van der Waals surface area contributed by atoms with Crippen LogP contribution in [0.15, 0.2) is 47.4 Å². The van der Waals surface area contributed by atoms with Gasteiger partial charge in [0.25, 0.3) is 5.89 Å². The number of hydrogen-bond acceptors (Lipinski definition) is 7. The lowest BCUT2D eigenvalue weighted by Crippen LogP contribution is -2.28. The average molecular weight is 322 g/mol. The molecular formula is C17H18N6O. The van der Waals surface area contributed by atoms with Gasteiger partial charge < -0.3 is 14.7 Å². The Morgan fingerprint density at radius 1 is 1.08 bits per heavy atom. The van der Waals surface area contributed by atoms with Crippen LogP contribution in [0.5, 0.6) is 0 Å². The van der Waals surface area contributed by atoms with E-state index in [1.165, 1.54) is 0 Å². The molecule has 122 valence electrons. The van der Waals surface area contributed by atoms with Gasteiger partial charge in [-0.25, -0.2) is 4.98 Å². The van der Waals surface area contributed by atoms with Gasteiger partial charge in [-0.05, 0) is 37.2 Å². The zero-order chi connectivity index (χ0) is 16.2. The van der Waals surface area contributed by atoms with Crippen LogP contribution in [0.4, 0.5) is 5.82 Å². The fourth-order valence-electron chi connectivity index (χ4n) is 2.75. The molecule has 4 heterocycles. The summed E-state index contributed by atoms with van der Waals surface area (Å²) in [7, 11) is 0. The first-order valence-corrected chi connectivity index (χ1v) is 8.06. The minimum atomic E-state index is 0.491. The number of rotatable bonds is 3. The van der Waals surface area contributed by atoms with Crippen LogP contribution in [-0.4, -0.2) is 46.3 Å². The number of nitrogens with zero attached hydrogens (tertiary/aromatic N) is 5. The molecule has 3 aromatic rings. The quantitative estimate of drug-likeness (QED) is 0.790. The Morgan fingerprint density at radius 2 is 2.08 bits per heavy atom. The Balaban J connectivity index is 1.60. The molecule has 1 aliphatic rings. The molecule has 0 saturated carbocycles. The fraction of sp³-hybridized carbons (Fsp3) is 0.294. The highest BCUT2D eigenvalue weighted by Crippen LogP contribution is 2.24. The van der Waals surface area contributed by atoms with Crippen LogP contribution >= 0.6 is 0 Å². The van der Waals surface area contributed by atoms with Crippen molar-refractivity contribution < 1.29 is 4.52 Å². The molecule has 0 amide bonds. The monoisotopic (exact) mass is 322 g/mol. The van der Waals surface area contributed by atoms with Gasteiger partial charge in [-0.2, -0.15) is 4.98 Å².